The second kappa shape index (κ2) is 6.36. The van der Waals surface area contributed by atoms with Crippen LogP contribution in [-0.4, -0.2) is 17.6 Å². The van der Waals surface area contributed by atoms with Crippen molar-refractivity contribution in [2.45, 2.75) is 51.5 Å². The van der Waals surface area contributed by atoms with Crippen molar-refractivity contribution >= 4 is 11.3 Å². The third-order valence-electron chi connectivity index (χ3n) is 3.48. The summed E-state index contributed by atoms with van der Waals surface area (Å²) >= 11 is 1.76. The number of hydrogen-bond acceptors (Lipinski definition) is 3. The fourth-order valence-corrected chi connectivity index (χ4v) is 3.25. The molecule has 0 saturated heterocycles. The van der Waals surface area contributed by atoms with Gasteiger partial charge in [-0.3, -0.25) is 0 Å². The standard InChI is InChI=1S/C13H22N2S/c1-11(10-12-4-2-3-5-12)14-7-6-13-15-8-9-16-13/h8-9,11-12,14H,2-7,10H2,1H3. The van der Waals surface area contributed by atoms with Crippen molar-refractivity contribution in [2.24, 2.45) is 5.92 Å². The second-order valence-corrected chi connectivity index (χ2v) is 5.90. The quantitative estimate of drug-likeness (QED) is 0.823. The predicted molar refractivity (Wildman–Crippen MR) is 69.9 cm³/mol. The van der Waals surface area contributed by atoms with Crippen LogP contribution in [0.1, 0.15) is 44.0 Å². The lowest BCUT2D eigenvalue weighted by molar-refractivity contribution is 0.407. The van der Waals surface area contributed by atoms with E-state index in [1.54, 1.807) is 11.3 Å². The maximum Gasteiger partial charge on any atom is 0.0937 e. The third-order valence-corrected chi connectivity index (χ3v) is 4.32. The zero-order valence-corrected chi connectivity index (χ0v) is 10.9. The van der Waals surface area contributed by atoms with E-state index in [0.29, 0.717) is 6.04 Å². The topological polar surface area (TPSA) is 24.9 Å². The Morgan fingerprint density at radius 1 is 1.50 bits per heavy atom. The van der Waals surface area contributed by atoms with Crippen molar-refractivity contribution in [1.29, 1.82) is 0 Å². The van der Waals surface area contributed by atoms with E-state index >= 15 is 0 Å². The van der Waals surface area contributed by atoms with Gasteiger partial charge in [-0.1, -0.05) is 25.7 Å². The molecule has 1 atom stereocenters. The number of hydrogen-bond donors (Lipinski definition) is 1. The third kappa shape index (κ3) is 3.87. The lowest BCUT2D eigenvalue weighted by atomic mass is 9.99. The van der Waals surface area contributed by atoms with Gasteiger partial charge in [-0.15, -0.1) is 11.3 Å². The molecule has 0 spiro atoms. The molecular formula is C13H22N2S. The highest BCUT2D eigenvalue weighted by Crippen LogP contribution is 2.28. The molecule has 1 aliphatic carbocycles. The molecular weight excluding hydrogens is 216 g/mol. The smallest absolute Gasteiger partial charge is 0.0937 e. The Labute approximate surface area is 102 Å². The first kappa shape index (κ1) is 12.1. The van der Waals surface area contributed by atoms with E-state index < -0.39 is 0 Å². The minimum Gasteiger partial charge on any atom is -0.314 e. The fourth-order valence-electron chi connectivity index (χ4n) is 2.63. The maximum atomic E-state index is 4.29. The molecule has 90 valence electrons. The normalized spacial score (nSPS) is 19.1. The predicted octanol–water partition coefficient (Wildman–Crippen LogP) is 3.24. The van der Waals surface area contributed by atoms with Gasteiger partial charge >= 0.3 is 0 Å². The minimum atomic E-state index is 0.670. The zero-order valence-electron chi connectivity index (χ0n) is 10.1. The van der Waals surface area contributed by atoms with Crippen LogP contribution >= 0.6 is 11.3 Å². The van der Waals surface area contributed by atoms with E-state index in [2.05, 4.69) is 22.6 Å². The average Bonchev–Trinajstić information content (AvgIpc) is 2.90. The molecule has 0 amide bonds. The van der Waals surface area contributed by atoms with E-state index in [1.165, 1.54) is 37.1 Å². The Hall–Kier alpha value is -0.410. The first-order valence-electron chi connectivity index (χ1n) is 6.46. The number of rotatable bonds is 6. The molecule has 1 unspecified atom stereocenters. The molecule has 1 fully saturated rings. The van der Waals surface area contributed by atoms with Gasteiger partial charge in [0.15, 0.2) is 0 Å². The highest BCUT2D eigenvalue weighted by molar-refractivity contribution is 7.09. The Balaban J connectivity index is 1.58. The van der Waals surface area contributed by atoms with Crippen molar-refractivity contribution < 1.29 is 0 Å². The molecule has 1 N–H and O–H groups in total. The van der Waals surface area contributed by atoms with Gasteiger partial charge in [-0.05, 0) is 19.3 Å². The van der Waals surface area contributed by atoms with Gasteiger partial charge in [-0.2, -0.15) is 0 Å². The van der Waals surface area contributed by atoms with Crippen LogP contribution in [0.3, 0.4) is 0 Å². The Kier molecular flexibility index (Phi) is 4.79. The van der Waals surface area contributed by atoms with Crippen LogP contribution in [0.4, 0.5) is 0 Å². The molecule has 1 heterocycles. The largest absolute Gasteiger partial charge is 0.314 e. The summed E-state index contributed by atoms with van der Waals surface area (Å²) in [7, 11) is 0. The van der Waals surface area contributed by atoms with Crippen LogP contribution in [0.2, 0.25) is 0 Å². The van der Waals surface area contributed by atoms with Gasteiger partial charge in [0, 0.05) is 30.6 Å². The first-order valence-corrected chi connectivity index (χ1v) is 7.34. The van der Waals surface area contributed by atoms with Crippen molar-refractivity contribution in [3.8, 4) is 0 Å². The van der Waals surface area contributed by atoms with Crippen LogP contribution in [0, 0.1) is 5.92 Å². The van der Waals surface area contributed by atoms with Gasteiger partial charge < -0.3 is 5.32 Å². The van der Waals surface area contributed by atoms with Gasteiger partial charge in [0.25, 0.3) is 0 Å². The van der Waals surface area contributed by atoms with Crippen LogP contribution in [0.15, 0.2) is 11.6 Å². The van der Waals surface area contributed by atoms with E-state index in [9.17, 15) is 0 Å². The van der Waals surface area contributed by atoms with Crippen LogP contribution < -0.4 is 5.32 Å². The molecule has 1 aromatic heterocycles. The molecule has 0 aromatic carbocycles. The second-order valence-electron chi connectivity index (χ2n) is 4.92. The Bertz CT molecular complexity index is 278. The molecule has 0 radical (unpaired) electrons. The van der Waals surface area contributed by atoms with Crippen LogP contribution in [0.25, 0.3) is 0 Å². The number of aromatic nitrogens is 1. The summed E-state index contributed by atoms with van der Waals surface area (Å²) in [6, 6.07) is 0.670. The molecule has 0 bridgehead atoms. The van der Waals surface area contributed by atoms with Gasteiger partial charge in [-0.25, -0.2) is 4.98 Å². The zero-order chi connectivity index (χ0) is 11.2. The molecule has 1 aliphatic rings. The number of nitrogens with one attached hydrogen (secondary N) is 1. The summed E-state index contributed by atoms with van der Waals surface area (Å²) in [5, 5.41) is 6.92. The molecule has 3 heteroatoms. The molecule has 2 rings (SSSR count). The summed E-state index contributed by atoms with van der Waals surface area (Å²) in [6.07, 6.45) is 10.1. The first-order chi connectivity index (χ1) is 7.84. The number of nitrogens with zero attached hydrogens (tertiary/aromatic N) is 1. The maximum absolute atomic E-state index is 4.29. The van der Waals surface area contributed by atoms with E-state index in [0.717, 1.165) is 18.9 Å². The highest BCUT2D eigenvalue weighted by Gasteiger charge is 2.17. The van der Waals surface area contributed by atoms with Crippen molar-refractivity contribution in [2.75, 3.05) is 6.54 Å². The summed E-state index contributed by atoms with van der Waals surface area (Å²) in [5.41, 5.74) is 0. The molecule has 0 aliphatic heterocycles. The van der Waals surface area contributed by atoms with Crippen molar-refractivity contribution in [3.05, 3.63) is 16.6 Å². The SMILES string of the molecule is CC(CC1CCCC1)NCCc1nccs1. The molecule has 1 aromatic rings. The van der Waals surface area contributed by atoms with E-state index in [1.807, 2.05) is 6.20 Å². The average molecular weight is 238 g/mol. The van der Waals surface area contributed by atoms with Gasteiger partial charge in [0.1, 0.15) is 0 Å². The van der Waals surface area contributed by atoms with E-state index in [4.69, 9.17) is 0 Å². The van der Waals surface area contributed by atoms with Crippen molar-refractivity contribution in [1.82, 2.24) is 10.3 Å². The Morgan fingerprint density at radius 3 is 3.00 bits per heavy atom. The molecule has 2 nitrogen and oxygen atoms in total. The molecule has 1 saturated carbocycles. The van der Waals surface area contributed by atoms with Crippen LogP contribution in [0.5, 0.6) is 0 Å². The van der Waals surface area contributed by atoms with E-state index in [-0.39, 0.29) is 0 Å². The van der Waals surface area contributed by atoms with Gasteiger partial charge in [0.05, 0.1) is 5.01 Å². The highest BCUT2D eigenvalue weighted by atomic mass is 32.1. The Morgan fingerprint density at radius 2 is 2.31 bits per heavy atom. The monoisotopic (exact) mass is 238 g/mol. The minimum absolute atomic E-state index is 0.670. The van der Waals surface area contributed by atoms with Crippen molar-refractivity contribution in [3.63, 3.8) is 0 Å². The number of thiazole rings is 1. The summed E-state index contributed by atoms with van der Waals surface area (Å²) in [4.78, 5) is 4.29. The summed E-state index contributed by atoms with van der Waals surface area (Å²) in [5.74, 6) is 0.988. The lowest BCUT2D eigenvalue weighted by Gasteiger charge is -2.17. The summed E-state index contributed by atoms with van der Waals surface area (Å²) in [6.45, 7) is 3.39. The fraction of sp³-hybridized carbons (Fsp3) is 0.769. The molecule has 16 heavy (non-hydrogen) atoms. The van der Waals surface area contributed by atoms with Gasteiger partial charge in [0.2, 0.25) is 0 Å². The summed E-state index contributed by atoms with van der Waals surface area (Å²) < 4.78 is 0. The lowest BCUT2D eigenvalue weighted by Crippen LogP contribution is -2.29. The van der Waals surface area contributed by atoms with Crippen LogP contribution in [-0.2, 0) is 6.42 Å².